The molecule has 2 atom stereocenters. The van der Waals surface area contributed by atoms with Crippen LogP contribution in [0.25, 0.3) is 0 Å². The first-order valence-electron chi connectivity index (χ1n) is 6.37. The van der Waals surface area contributed by atoms with Crippen molar-refractivity contribution in [1.29, 1.82) is 0 Å². The van der Waals surface area contributed by atoms with Crippen molar-refractivity contribution < 1.29 is 0 Å². The molecule has 1 aromatic rings. The summed E-state index contributed by atoms with van der Waals surface area (Å²) in [5, 5.41) is 0. The molecule has 4 nitrogen and oxygen atoms in total. The van der Waals surface area contributed by atoms with Gasteiger partial charge in [-0.3, -0.25) is 4.79 Å². The molecule has 0 bridgehead atoms. The Bertz CT molecular complexity index is 441. The number of aryl methyl sites for hydroxylation is 1. The molecule has 0 saturated heterocycles. The first-order chi connectivity index (χ1) is 8.06. The number of hydrogen-bond donors (Lipinski definition) is 1. The molecule has 0 aromatic carbocycles. The van der Waals surface area contributed by atoms with Crippen LogP contribution in [-0.4, -0.2) is 23.1 Å². The fourth-order valence-corrected chi connectivity index (χ4v) is 2.69. The predicted molar refractivity (Wildman–Crippen MR) is 69.4 cm³/mol. The molecule has 4 heteroatoms. The molecule has 2 rings (SSSR count). The van der Waals surface area contributed by atoms with Gasteiger partial charge in [0.1, 0.15) is 11.6 Å². The van der Waals surface area contributed by atoms with E-state index >= 15 is 0 Å². The lowest BCUT2D eigenvalue weighted by Crippen LogP contribution is -2.36. The summed E-state index contributed by atoms with van der Waals surface area (Å²) in [6, 6.07) is 2.11. The number of nitrogens with one attached hydrogen (secondary N) is 1. The molecular weight excluding hydrogens is 214 g/mol. The molecule has 1 saturated carbocycles. The number of nitrogens with zero attached hydrogens (tertiary/aromatic N) is 2. The Morgan fingerprint density at radius 3 is 2.88 bits per heavy atom. The van der Waals surface area contributed by atoms with Crippen molar-refractivity contribution in [3.8, 4) is 0 Å². The first-order valence-corrected chi connectivity index (χ1v) is 6.37. The molecule has 1 aliphatic rings. The molecule has 1 fully saturated rings. The number of rotatable bonds is 2. The van der Waals surface area contributed by atoms with Crippen LogP contribution in [0.5, 0.6) is 0 Å². The summed E-state index contributed by atoms with van der Waals surface area (Å²) in [6.07, 6.45) is 5.00. The van der Waals surface area contributed by atoms with Crippen molar-refractivity contribution in [1.82, 2.24) is 9.97 Å². The lowest BCUT2D eigenvalue weighted by atomic mass is 9.86. The van der Waals surface area contributed by atoms with E-state index in [0.717, 1.165) is 11.7 Å². The van der Waals surface area contributed by atoms with Gasteiger partial charge in [-0.05, 0) is 25.7 Å². The quantitative estimate of drug-likeness (QED) is 0.854. The number of aromatic amines is 1. The van der Waals surface area contributed by atoms with E-state index < -0.39 is 0 Å². The van der Waals surface area contributed by atoms with Crippen LogP contribution in [0.4, 0.5) is 5.82 Å². The van der Waals surface area contributed by atoms with Crippen LogP contribution in [0.3, 0.4) is 0 Å². The maximum Gasteiger partial charge on any atom is 0.252 e. The molecule has 0 aliphatic heterocycles. The lowest BCUT2D eigenvalue weighted by molar-refractivity contribution is 0.335. The topological polar surface area (TPSA) is 49.0 Å². The highest BCUT2D eigenvalue weighted by Crippen LogP contribution is 2.28. The summed E-state index contributed by atoms with van der Waals surface area (Å²) in [6.45, 7) is 4.12. The minimum absolute atomic E-state index is 0.0665. The number of hydrogen-bond acceptors (Lipinski definition) is 3. The summed E-state index contributed by atoms with van der Waals surface area (Å²) < 4.78 is 0. The van der Waals surface area contributed by atoms with Crippen molar-refractivity contribution in [3.63, 3.8) is 0 Å². The fourth-order valence-electron chi connectivity index (χ4n) is 2.69. The normalized spacial score (nSPS) is 24.6. The highest BCUT2D eigenvalue weighted by molar-refractivity contribution is 5.37. The summed E-state index contributed by atoms with van der Waals surface area (Å²) in [5.41, 5.74) is -0.0665. The Labute approximate surface area is 102 Å². The molecule has 0 spiro atoms. The standard InChI is InChI=1S/C13H21N3O/c1-9-5-4-6-11(7-9)16(3)12-8-13(17)15-10(2)14-12/h8-9,11H,4-7H2,1-3H3,(H,14,15,17). The van der Waals surface area contributed by atoms with Gasteiger partial charge in [0.05, 0.1) is 0 Å². The van der Waals surface area contributed by atoms with Crippen molar-refractivity contribution in [2.45, 2.75) is 45.6 Å². The van der Waals surface area contributed by atoms with Gasteiger partial charge in [0.15, 0.2) is 0 Å². The Morgan fingerprint density at radius 2 is 2.24 bits per heavy atom. The molecule has 1 aliphatic carbocycles. The Kier molecular flexibility index (Phi) is 3.50. The SMILES string of the molecule is Cc1nc(N(C)C2CCCC(C)C2)cc(=O)[nH]1. The Morgan fingerprint density at radius 1 is 1.47 bits per heavy atom. The third kappa shape index (κ3) is 2.87. The van der Waals surface area contributed by atoms with Crippen LogP contribution in [0.2, 0.25) is 0 Å². The summed E-state index contributed by atoms with van der Waals surface area (Å²) in [5.74, 6) is 2.26. The number of anilines is 1. The van der Waals surface area contributed by atoms with E-state index in [1.54, 1.807) is 6.07 Å². The molecule has 1 N–H and O–H groups in total. The average Bonchev–Trinajstić information content (AvgIpc) is 2.26. The molecule has 0 radical (unpaired) electrons. The van der Waals surface area contributed by atoms with E-state index in [1.165, 1.54) is 25.7 Å². The van der Waals surface area contributed by atoms with Crippen molar-refractivity contribution in [2.75, 3.05) is 11.9 Å². The minimum atomic E-state index is -0.0665. The number of aromatic nitrogens is 2. The second-order valence-electron chi connectivity index (χ2n) is 5.23. The van der Waals surface area contributed by atoms with Gasteiger partial charge in [-0.25, -0.2) is 4.98 Å². The molecular formula is C13H21N3O. The van der Waals surface area contributed by atoms with E-state index in [2.05, 4.69) is 21.8 Å². The van der Waals surface area contributed by atoms with Gasteiger partial charge in [-0.1, -0.05) is 19.8 Å². The van der Waals surface area contributed by atoms with Gasteiger partial charge in [0, 0.05) is 19.2 Å². The van der Waals surface area contributed by atoms with Crippen LogP contribution in [0.15, 0.2) is 10.9 Å². The van der Waals surface area contributed by atoms with Crippen LogP contribution in [0.1, 0.15) is 38.4 Å². The van der Waals surface area contributed by atoms with E-state index in [4.69, 9.17) is 0 Å². The number of H-pyrrole nitrogens is 1. The van der Waals surface area contributed by atoms with Crippen LogP contribution < -0.4 is 10.5 Å². The zero-order valence-corrected chi connectivity index (χ0v) is 10.9. The zero-order valence-electron chi connectivity index (χ0n) is 10.9. The van der Waals surface area contributed by atoms with Gasteiger partial charge in [-0.15, -0.1) is 0 Å². The first kappa shape index (κ1) is 12.1. The molecule has 1 heterocycles. The van der Waals surface area contributed by atoms with E-state index in [0.29, 0.717) is 11.9 Å². The Hall–Kier alpha value is -1.32. The van der Waals surface area contributed by atoms with Crippen molar-refractivity contribution >= 4 is 5.82 Å². The summed E-state index contributed by atoms with van der Waals surface area (Å²) in [7, 11) is 2.05. The maximum absolute atomic E-state index is 11.4. The second kappa shape index (κ2) is 4.90. The van der Waals surface area contributed by atoms with E-state index in [9.17, 15) is 4.79 Å². The monoisotopic (exact) mass is 235 g/mol. The van der Waals surface area contributed by atoms with Crippen LogP contribution >= 0.6 is 0 Å². The van der Waals surface area contributed by atoms with E-state index in [-0.39, 0.29) is 5.56 Å². The van der Waals surface area contributed by atoms with Gasteiger partial charge < -0.3 is 9.88 Å². The largest absolute Gasteiger partial charge is 0.356 e. The Balaban J connectivity index is 2.18. The van der Waals surface area contributed by atoms with Gasteiger partial charge >= 0.3 is 0 Å². The smallest absolute Gasteiger partial charge is 0.252 e. The lowest BCUT2D eigenvalue weighted by Gasteiger charge is -2.34. The summed E-state index contributed by atoms with van der Waals surface area (Å²) in [4.78, 5) is 20.7. The fraction of sp³-hybridized carbons (Fsp3) is 0.692. The van der Waals surface area contributed by atoms with Gasteiger partial charge in [0.2, 0.25) is 0 Å². The van der Waals surface area contributed by atoms with Crippen LogP contribution in [-0.2, 0) is 0 Å². The van der Waals surface area contributed by atoms with Gasteiger partial charge in [0.25, 0.3) is 5.56 Å². The second-order valence-corrected chi connectivity index (χ2v) is 5.23. The van der Waals surface area contributed by atoms with Crippen LogP contribution in [0, 0.1) is 12.8 Å². The third-order valence-electron chi connectivity index (χ3n) is 3.66. The van der Waals surface area contributed by atoms with E-state index in [1.807, 2.05) is 14.0 Å². The highest BCUT2D eigenvalue weighted by atomic mass is 16.1. The van der Waals surface area contributed by atoms with Crippen molar-refractivity contribution in [2.24, 2.45) is 5.92 Å². The van der Waals surface area contributed by atoms with Gasteiger partial charge in [-0.2, -0.15) is 0 Å². The zero-order chi connectivity index (χ0) is 12.4. The predicted octanol–water partition coefficient (Wildman–Crippen LogP) is 2.09. The molecule has 0 amide bonds. The average molecular weight is 235 g/mol. The third-order valence-corrected chi connectivity index (χ3v) is 3.66. The highest BCUT2D eigenvalue weighted by Gasteiger charge is 2.23. The molecule has 2 unspecified atom stereocenters. The molecule has 1 aromatic heterocycles. The molecule has 17 heavy (non-hydrogen) atoms. The maximum atomic E-state index is 11.4. The molecule has 94 valence electrons. The summed E-state index contributed by atoms with van der Waals surface area (Å²) >= 11 is 0. The van der Waals surface area contributed by atoms with Crippen molar-refractivity contribution in [3.05, 3.63) is 22.2 Å². The minimum Gasteiger partial charge on any atom is -0.356 e.